The molecule has 0 saturated heterocycles. The molecule has 3 atom stereocenters. The summed E-state index contributed by atoms with van der Waals surface area (Å²) in [6.07, 6.45) is 5.74. The second-order valence-electron chi connectivity index (χ2n) is 7.34. The summed E-state index contributed by atoms with van der Waals surface area (Å²) >= 11 is 0. The molecule has 0 radical (unpaired) electrons. The molecule has 1 aromatic rings. The number of para-hydroxylation sites is 1. The van der Waals surface area contributed by atoms with Crippen LogP contribution < -0.4 is 0 Å². The van der Waals surface area contributed by atoms with Gasteiger partial charge in [0, 0.05) is 11.6 Å². The van der Waals surface area contributed by atoms with Gasteiger partial charge in [-0.1, -0.05) is 43.7 Å². The second-order valence-corrected chi connectivity index (χ2v) is 7.34. The monoisotopic (exact) mass is 285 g/mol. The maximum atomic E-state index is 11.4. The fraction of sp³-hybridized carbons (Fsp3) is 0.556. The van der Waals surface area contributed by atoms with Gasteiger partial charge in [0.15, 0.2) is 0 Å². The van der Waals surface area contributed by atoms with E-state index in [9.17, 15) is 10.1 Å². The number of hydrogen-bond donors (Lipinski definition) is 0. The molecule has 0 heterocycles. The Morgan fingerprint density at radius 2 is 1.95 bits per heavy atom. The minimum atomic E-state index is -0.226. The molecule has 3 rings (SSSR count). The molecule has 112 valence electrons. The molecule has 0 N–H and O–H groups in total. The molecule has 0 spiro atoms. The first-order valence-corrected chi connectivity index (χ1v) is 7.80. The van der Waals surface area contributed by atoms with Crippen LogP contribution in [0.3, 0.4) is 0 Å². The largest absolute Gasteiger partial charge is 0.272 e. The summed E-state index contributed by atoms with van der Waals surface area (Å²) in [5, 5.41) is 11.4. The van der Waals surface area contributed by atoms with Crippen molar-refractivity contribution < 1.29 is 4.92 Å². The van der Waals surface area contributed by atoms with Crippen LogP contribution in [0.5, 0.6) is 0 Å². The molecule has 0 aromatic heterocycles. The van der Waals surface area contributed by atoms with E-state index in [0.29, 0.717) is 11.8 Å². The summed E-state index contributed by atoms with van der Waals surface area (Å²) < 4.78 is 0. The lowest BCUT2D eigenvalue weighted by Gasteiger charge is -2.49. The number of allylic oxidation sites excluding steroid dienone is 2. The average Bonchev–Trinajstić information content (AvgIpc) is 2.45. The quantitative estimate of drug-likeness (QED) is 0.432. The topological polar surface area (TPSA) is 43.1 Å². The normalized spacial score (nSPS) is 30.6. The first-order chi connectivity index (χ1) is 9.90. The van der Waals surface area contributed by atoms with Gasteiger partial charge in [-0.2, -0.15) is 0 Å². The maximum Gasteiger partial charge on any atom is 0.272 e. The molecule has 21 heavy (non-hydrogen) atoms. The Balaban J connectivity index is 2.07. The van der Waals surface area contributed by atoms with Crippen molar-refractivity contribution in [2.45, 2.75) is 46.0 Å². The van der Waals surface area contributed by atoms with E-state index in [-0.39, 0.29) is 21.9 Å². The molecule has 2 bridgehead atoms. The molecule has 1 saturated carbocycles. The van der Waals surface area contributed by atoms with Crippen LogP contribution in [0.1, 0.15) is 51.5 Å². The van der Waals surface area contributed by atoms with Gasteiger partial charge >= 0.3 is 0 Å². The number of nitrogens with zero attached hydrogens (tertiary/aromatic N) is 1. The van der Waals surface area contributed by atoms with Crippen molar-refractivity contribution >= 4 is 5.69 Å². The van der Waals surface area contributed by atoms with E-state index in [4.69, 9.17) is 0 Å². The second kappa shape index (κ2) is 4.97. The van der Waals surface area contributed by atoms with Crippen molar-refractivity contribution in [1.29, 1.82) is 0 Å². The van der Waals surface area contributed by atoms with Crippen LogP contribution in [-0.2, 0) is 0 Å². The Hall–Kier alpha value is -1.64. The van der Waals surface area contributed by atoms with Gasteiger partial charge in [-0.15, -0.1) is 0 Å². The van der Waals surface area contributed by atoms with Crippen molar-refractivity contribution in [3.05, 3.63) is 51.6 Å². The summed E-state index contributed by atoms with van der Waals surface area (Å²) in [5.74, 6) is 1.46. The van der Waals surface area contributed by atoms with E-state index in [1.54, 1.807) is 12.1 Å². The fourth-order valence-corrected chi connectivity index (χ4v) is 4.36. The van der Waals surface area contributed by atoms with Gasteiger partial charge in [0.1, 0.15) is 0 Å². The predicted molar refractivity (Wildman–Crippen MR) is 84.2 cm³/mol. The van der Waals surface area contributed by atoms with Crippen LogP contribution in [0.4, 0.5) is 5.69 Å². The van der Waals surface area contributed by atoms with Gasteiger partial charge in [-0.05, 0) is 49.4 Å². The SMILES string of the molecule is CC1=CC[C@H]2C[C@@H]1[C@H](c1ccccc1[N+](=O)[O-])CC2(C)C. The number of nitro groups is 1. The lowest BCUT2D eigenvalue weighted by molar-refractivity contribution is -0.385. The van der Waals surface area contributed by atoms with Gasteiger partial charge in [-0.25, -0.2) is 0 Å². The molecule has 1 fully saturated rings. The Morgan fingerprint density at radius 1 is 1.24 bits per heavy atom. The van der Waals surface area contributed by atoms with Crippen molar-refractivity contribution in [1.82, 2.24) is 0 Å². The summed E-state index contributed by atoms with van der Waals surface area (Å²) in [5.41, 5.74) is 2.89. The van der Waals surface area contributed by atoms with E-state index in [1.807, 2.05) is 12.1 Å². The van der Waals surface area contributed by atoms with Crippen molar-refractivity contribution in [2.75, 3.05) is 0 Å². The number of fused-ring (bicyclic) bond motifs is 2. The van der Waals surface area contributed by atoms with Crippen LogP contribution >= 0.6 is 0 Å². The highest BCUT2D eigenvalue weighted by Gasteiger charge is 2.45. The summed E-state index contributed by atoms with van der Waals surface area (Å²) in [4.78, 5) is 11.1. The zero-order chi connectivity index (χ0) is 15.2. The zero-order valence-corrected chi connectivity index (χ0v) is 13.0. The third-order valence-corrected chi connectivity index (χ3v) is 5.72. The number of nitro benzene ring substituents is 1. The van der Waals surface area contributed by atoms with Gasteiger partial charge < -0.3 is 0 Å². The summed E-state index contributed by atoms with van der Waals surface area (Å²) in [6.45, 7) is 6.84. The maximum absolute atomic E-state index is 11.4. The highest BCUT2D eigenvalue weighted by molar-refractivity contribution is 5.44. The molecule has 2 aliphatic carbocycles. The minimum absolute atomic E-state index is 0.226. The molecule has 3 heteroatoms. The molecular formula is C18H23NO2. The third kappa shape index (κ3) is 2.39. The Morgan fingerprint density at radius 3 is 2.67 bits per heavy atom. The van der Waals surface area contributed by atoms with E-state index in [2.05, 4.69) is 26.8 Å². The smallest absolute Gasteiger partial charge is 0.258 e. The van der Waals surface area contributed by atoms with E-state index < -0.39 is 0 Å². The van der Waals surface area contributed by atoms with E-state index >= 15 is 0 Å². The molecule has 3 nitrogen and oxygen atoms in total. The molecule has 1 aromatic carbocycles. The zero-order valence-electron chi connectivity index (χ0n) is 13.0. The molecule has 0 amide bonds. The number of hydrogen-bond acceptors (Lipinski definition) is 2. The molecular weight excluding hydrogens is 262 g/mol. The van der Waals surface area contributed by atoms with Crippen LogP contribution in [0.2, 0.25) is 0 Å². The van der Waals surface area contributed by atoms with Crippen molar-refractivity contribution in [3.8, 4) is 0 Å². The minimum Gasteiger partial charge on any atom is -0.258 e. The highest BCUT2D eigenvalue weighted by Crippen LogP contribution is 2.56. The first-order valence-electron chi connectivity index (χ1n) is 7.80. The Labute approximate surface area is 126 Å². The van der Waals surface area contributed by atoms with Crippen LogP contribution in [0.15, 0.2) is 35.9 Å². The lowest BCUT2D eigenvalue weighted by atomic mass is 9.55. The van der Waals surface area contributed by atoms with Crippen molar-refractivity contribution in [3.63, 3.8) is 0 Å². The van der Waals surface area contributed by atoms with Crippen LogP contribution in [-0.4, -0.2) is 4.92 Å². The van der Waals surface area contributed by atoms with Crippen LogP contribution in [0.25, 0.3) is 0 Å². The molecule has 0 aliphatic heterocycles. The van der Waals surface area contributed by atoms with E-state index in [0.717, 1.165) is 12.0 Å². The summed E-state index contributed by atoms with van der Waals surface area (Å²) in [7, 11) is 0. The Kier molecular flexibility index (Phi) is 3.39. The molecule has 0 unspecified atom stereocenters. The van der Waals surface area contributed by atoms with Gasteiger partial charge in [0.25, 0.3) is 5.69 Å². The standard InChI is InChI=1S/C18H23NO2/c1-12-8-9-13-10-15(12)16(11-18(13,2)3)14-6-4-5-7-17(14)19(20)21/h4-8,13,15-16H,9-11H2,1-3H3/t13-,15-,16-/m0/s1. The summed E-state index contributed by atoms with van der Waals surface area (Å²) in [6, 6.07) is 7.31. The van der Waals surface area contributed by atoms with Gasteiger partial charge in [0.2, 0.25) is 0 Å². The van der Waals surface area contributed by atoms with Gasteiger partial charge in [0.05, 0.1) is 4.92 Å². The highest BCUT2D eigenvalue weighted by atomic mass is 16.6. The average molecular weight is 285 g/mol. The lowest BCUT2D eigenvalue weighted by Crippen LogP contribution is -2.39. The fourth-order valence-electron chi connectivity index (χ4n) is 4.36. The first kappa shape index (κ1) is 14.3. The molecule has 2 aliphatic rings. The Bertz CT molecular complexity index is 603. The predicted octanol–water partition coefficient (Wildman–Crippen LogP) is 5.08. The third-order valence-electron chi connectivity index (χ3n) is 5.72. The van der Waals surface area contributed by atoms with Gasteiger partial charge in [-0.3, -0.25) is 10.1 Å². The number of rotatable bonds is 2. The van der Waals surface area contributed by atoms with E-state index in [1.165, 1.54) is 18.4 Å². The van der Waals surface area contributed by atoms with Crippen LogP contribution in [0, 0.1) is 27.4 Å². The van der Waals surface area contributed by atoms with Crippen molar-refractivity contribution in [2.24, 2.45) is 17.3 Å². The number of benzene rings is 1.